The van der Waals surface area contributed by atoms with Gasteiger partial charge in [-0.15, -0.1) is 0 Å². The first-order valence-corrected chi connectivity index (χ1v) is 6.81. The van der Waals surface area contributed by atoms with E-state index in [0.29, 0.717) is 19.6 Å². The standard InChI is InChI=1S/C13H24N2O2/c14-13(5-1-2-6-13)9-12(16)15-7-8-17-10-11-3-4-11/h11H,1-10,14H2,(H,15,16). The molecule has 0 saturated heterocycles. The van der Waals surface area contributed by atoms with Crippen molar-refractivity contribution in [3.8, 4) is 0 Å². The number of hydrogen-bond acceptors (Lipinski definition) is 3. The molecule has 4 nitrogen and oxygen atoms in total. The lowest BCUT2D eigenvalue weighted by atomic mass is 9.94. The van der Waals surface area contributed by atoms with Crippen molar-refractivity contribution in [2.24, 2.45) is 11.7 Å². The normalized spacial score (nSPS) is 22.6. The van der Waals surface area contributed by atoms with E-state index in [2.05, 4.69) is 5.32 Å². The predicted octanol–water partition coefficient (Wildman–Crippen LogP) is 1.19. The molecule has 1 amide bonds. The Balaban J connectivity index is 1.50. The Morgan fingerprint density at radius 3 is 2.71 bits per heavy atom. The topological polar surface area (TPSA) is 64.4 Å². The molecule has 0 aromatic heterocycles. The summed E-state index contributed by atoms with van der Waals surface area (Å²) in [7, 11) is 0. The van der Waals surface area contributed by atoms with Gasteiger partial charge in [0.1, 0.15) is 0 Å². The second kappa shape index (κ2) is 5.83. The maximum Gasteiger partial charge on any atom is 0.221 e. The zero-order valence-corrected chi connectivity index (χ0v) is 10.5. The van der Waals surface area contributed by atoms with E-state index in [1.807, 2.05) is 0 Å². The van der Waals surface area contributed by atoms with Crippen LogP contribution in [0.2, 0.25) is 0 Å². The van der Waals surface area contributed by atoms with Crippen molar-refractivity contribution in [2.45, 2.75) is 50.5 Å². The number of carbonyl (C=O) groups excluding carboxylic acids is 1. The van der Waals surface area contributed by atoms with Gasteiger partial charge in [-0.2, -0.15) is 0 Å². The van der Waals surface area contributed by atoms with Gasteiger partial charge in [0.15, 0.2) is 0 Å². The van der Waals surface area contributed by atoms with E-state index in [0.717, 1.165) is 38.2 Å². The summed E-state index contributed by atoms with van der Waals surface area (Å²) < 4.78 is 5.46. The molecule has 2 saturated carbocycles. The second-order valence-corrected chi connectivity index (χ2v) is 5.61. The Morgan fingerprint density at radius 1 is 1.35 bits per heavy atom. The highest BCUT2D eigenvalue weighted by atomic mass is 16.5. The lowest BCUT2D eigenvalue weighted by Gasteiger charge is -2.22. The first-order valence-electron chi connectivity index (χ1n) is 6.81. The van der Waals surface area contributed by atoms with Crippen molar-refractivity contribution < 1.29 is 9.53 Å². The van der Waals surface area contributed by atoms with Crippen LogP contribution in [0.15, 0.2) is 0 Å². The van der Waals surface area contributed by atoms with Gasteiger partial charge < -0.3 is 15.8 Å². The summed E-state index contributed by atoms with van der Waals surface area (Å²) in [6.45, 7) is 2.10. The van der Waals surface area contributed by atoms with Crippen LogP contribution >= 0.6 is 0 Å². The number of ether oxygens (including phenoxy) is 1. The number of carbonyl (C=O) groups is 1. The van der Waals surface area contributed by atoms with Gasteiger partial charge in [-0.05, 0) is 31.6 Å². The van der Waals surface area contributed by atoms with Crippen molar-refractivity contribution in [2.75, 3.05) is 19.8 Å². The highest BCUT2D eigenvalue weighted by Crippen LogP contribution is 2.30. The van der Waals surface area contributed by atoms with Crippen LogP contribution in [0, 0.1) is 5.92 Å². The van der Waals surface area contributed by atoms with E-state index in [9.17, 15) is 4.79 Å². The van der Waals surface area contributed by atoms with Gasteiger partial charge in [-0.1, -0.05) is 12.8 Å². The molecular weight excluding hydrogens is 216 g/mol. The average molecular weight is 240 g/mol. The summed E-state index contributed by atoms with van der Waals surface area (Å²) in [6.07, 6.45) is 7.37. The van der Waals surface area contributed by atoms with Gasteiger partial charge in [0.05, 0.1) is 6.61 Å². The molecule has 0 bridgehead atoms. The van der Waals surface area contributed by atoms with Crippen LogP contribution < -0.4 is 11.1 Å². The highest BCUT2D eigenvalue weighted by molar-refractivity contribution is 5.77. The Hall–Kier alpha value is -0.610. The predicted molar refractivity (Wildman–Crippen MR) is 66.6 cm³/mol. The minimum atomic E-state index is -0.237. The Kier molecular flexibility index (Phi) is 4.40. The highest BCUT2D eigenvalue weighted by Gasteiger charge is 2.31. The summed E-state index contributed by atoms with van der Waals surface area (Å²) in [6, 6.07) is 0. The summed E-state index contributed by atoms with van der Waals surface area (Å²) in [5.74, 6) is 0.862. The Labute approximate surface area is 103 Å². The van der Waals surface area contributed by atoms with Crippen LogP contribution in [0.4, 0.5) is 0 Å². The van der Waals surface area contributed by atoms with Crippen LogP contribution in [0.25, 0.3) is 0 Å². The molecule has 0 spiro atoms. The molecule has 0 aliphatic heterocycles. The van der Waals surface area contributed by atoms with Crippen molar-refractivity contribution in [3.05, 3.63) is 0 Å². The molecule has 17 heavy (non-hydrogen) atoms. The quantitative estimate of drug-likeness (QED) is 0.657. The molecule has 0 radical (unpaired) electrons. The Morgan fingerprint density at radius 2 is 2.06 bits per heavy atom. The smallest absolute Gasteiger partial charge is 0.221 e. The minimum absolute atomic E-state index is 0.0735. The molecule has 3 N–H and O–H groups in total. The molecule has 2 aliphatic carbocycles. The summed E-state index contributed by atoms with van der Waals surface area (Å²) in [5, 5.41) is 2.88. The molecule has 0 heterocycles. The van der Waals surface area contributed by atoms with E-state index in [1.54, 1.807) is 0 Å². The van der Waals surface area contributed by atoms with Crippen LogP contribution in [-0.2, 0) is 9.53 Å². The first kappa shape index (κ1) is 12.8. The lowest BCUT2D eigenvalue weighted by molar-refractivity contribution is -0.122. The van der Waals surface area contributed by atoms with E-state index >= 15 is 0 Å². The molecule has 2 rings (SSSR count). The largest absolute Gasteiger partial charge is 0.379 e. The molecule has 2 fully saturated rings. The molecule has 0 aromatic rings. The third kappa shape index (κ3) is 4.64. The monoisotopic (exact) mass is 240 g/mol. The fourth-order valence-corrected chi connectivity index (χ4v) is 2.44. The van der Waals surface area contributed by atoms with E-state index in [1.165, 1.54) is 12.8 Å². The zero-order chi connectivity index (χ0) is 12.1. The maximum absolute atomic E-state index is 11.7. The fraction of sp³-hybridized carbons (Fsp3) is 0.923. The molecule has 0 atom stereocenters. The fourth-order valence-electron chi connectivity index (χ4n) is 2.44. The van der Waals surface area contributed by atoms with Gasteiger partial charge in [0.25, 0.3) is 0 Å². The molecule has 0 unspecified atom stereocenters. The minimum Gasteiger partial charge on any atom is -0.379 e. The third-order valence-electron chi connectivity index (χ3n) is 3.73. The van der Waals surface area contributed by atoms with Gasteiger partial charge in [0, 0.05) is 25.1 Å². The van der Waals surface area contributed by atoms with E-state index in [-0.39, 0.29) is 11.4 Å². The number of nitrogens with two attached hydrogens (primary N) is 1. The van der Waals surface area contributed by atoms with Crippen molar-refractivity contribution in [1.82, 2.24) is 5.32 Å². The number of nitrogens with one attached hydrogen (secondary N) is 1. The maximum atomic E-state index is 11.7. The Bertz CT molecular complexity index is 258. The van der Waals surface area contributed by atoms with Crippen LogP contribution in [-0.4, -0.2) is 31.2 Å². The lowest BCUT2D eigenvalue weighted by Crippen LogP contribution is -2.42. The van der Waals surface area contributed by atoms with Gasteiger partial charge >= 0.3 is 0 Å². The van der Waals surface area contributed by atoms with Gasteiger partial charge in [-0.25, -0.2) is 0 Å². The van der Waals surface area contributed by atoms with E-state index in [4.69, 9.17) is 10.5 Å². The second-order valence-electron chi connectivity index (χ2n) is 5.61. The van der Waals surface area contributed by atoms with Crippen molar-refractivity contribution >= 4 is 5.91 Å². The van der Waals surface area contributed by atoms with Crippen molar-refractivity contribution in [3.63, 3.8) is 0 Å². The number of amides is 1. The number of rotatable bonds is 7. The zero-order valence-electron chi connectivity index (χ0n) is 10.5. The average Bonchev–Trinajstić information content (AvgIpc) is 3.00. The van der Waals surface area contributed by atoms with Gasteiger partial charge in [0.2, 0.25) is 5.91 Å². The molecule has 0 aromatic carbocycles. The van der Waals surface area contributed by atoms with Crippen LogP contribution in [0.3, 0.4) is 0 Å². The summed E-state index contributed by atoms with van der Waals surface area (Å²) in [5.41, 5.74) is 5.91. The molecule has 2 aliphatic rings. The number of hydrogen-bond donors (Lipinski definition) is 2. The SMILES string of the molecule is NC1(CC(=O)NCCOCC2CC2)CCCC1. The first-order chi connectivity index (χ1) is 8.18. The molecule has 4 heteroatoms. The third-order valence-corrected chi connectivity index (χ3v) is 3.73. The summed E-state index contributed by atoms with van der Waals surface area (Å²) in [4.78, 5) is 11.7. The molecular formula is C13H24N2O2. The van der Waals surface area contributed by atoms with Crippen LogP contribution in [0.5, 0.6) is 0 Å². The van der Waals surface area contributed by atoms with Crippen LogP contribution in [0.1, 0.15) is 44.9 Å². The summed E-state index contributed by atoms with van der Waals surface area (Å²) >= 11 is 0. The van der Waals surface area contributed by atoms with E-state index < -0.39 is 0 Å². The molecule has 98 valence electrons. The van der Waals surface area contributed by atoms with Gasteiger partial charge in [-0.3, -0.25) is 4.79 Å². The van der Waals surface area contributed by atoms with Crippen molar-refractivity contribution in [1.29, 1.82) is 0 Å².